The van der Waals surface area contributed by atoms with E-state index in [1.54, 1.807) is 22.5 Å². The van der Waals surface area contributed by atoms with Gasteiger partial charge < -0.3 is 4.74 Å². The van der Waals surface area contributed by atoms with Gasteiger partial charge in [-0.25, -0.2) is 9.78 Å². The van der Waals surface area contributed by atoms with Gasteiger partial charge in [-0.05, 0) is 18.0 Å². The summed E-state index contributed by atoms with van der Waals surface area (Å²) in [7, 11) is 1.71. The Kier molecular flexibility index (Phi) is 2.19. The first-order chi connectivity index (χ1) is 9.16. The number of nitrogens with zero attached hydrogens (tertiary/aromatic N) is 5. The molecule has 2 aromatic rings. The monoisotopic (exact) mass is 281 g/mol. The topological polar surface area (TPSA) is 65.2 Å². The molecule has 4 heterocycles. The summed E-state index contributed by atoms with van der Waals surface area (Å²) in [4.78, 5) is 20.5. The summed E-state index contributed by atoms with van der Waals surface area (Å²) in [6.07, 6.45) is 2.64. The van der Waals surface area contributed by atoms with Crippen LogP contribution in [0.4, 0.5) is 0 Å². The van der Waals surface area contributed by atoms with Crippen LogP contribution in [0.5, 0.6) is 0 Å². The van der Waals surface area contributed by atoms with Crippen molar-refractivity contribution >= 4 is 22.8 Å². The van der Waals surface area contributed by atoms with Crippen LogP contribution >= 0.6 is 11.6 Å². The average Bonchev–Trinajstić information content (AvgIpc) is 2.65. The number of imidazole rings is 1. The Labute approximate surface area is 113 Å². The van der Waals surface area contributed by atoms with Crippen molar-refractivity contribution in [3.8, 4) is 0 Å². The number of aryl methyl sites for hydroxylation is 1. The van der Waals surface area contributed by atoms with Gasteiger partial charge in [0.2, 0.25) is 5.28 Å². The molecule has 0 saturated carbocycles. The van der Waals surface area contributed by atoms with Crippen LogP contribution in [0.2, 0.25) is 5.28 Å². The number of hydrogen-bond donors (Lipinski definition) is 0. The molecule has 2 saturated heterocycles. The lowest BCUT2D eigenvalue weighted by Crippen LogP contribution is -2.70. The first kappa shape index (κ1) is 11.2. The van der Waals surface area contributed by atoms with Gasteiger partial charge in [-0.3, -0.25) is 9.58 Å². The van der Waals surface area contributed by atoms with Crippen LogP contribution in [0, 0.1) is 0 Å². The molecule has 19 heavy (non-hydrogen) atoms. The summed E-state index contributed by atoms with van der Waals surface area (Å²) in [6, 6.07) is 0.492. The highest BCUT2D eigenvalue weighted by atomic mass is 35.5. The van der Waals surface area contributed by atoms with Crippen molar-refractivity contribution < 1.29 is 4.74 Å². The van der Waals surface area contributed by atoms with Gasteiger partial charge in [-0.15, -0.1) is 0 Å². The molecule has 100 valence electrons. The summed E-state index contributed by atoms with van der Waals surface area (Å²) in [5, 5.41) is 2.20. The molecule has 2 aliphatic heterocycles. The Bertz CT molecular complexity index is 710. The summed E-state index contributed by atoms with van der Waals surface area (Å²) in [6.45, 7) is 1.30. The van der Waals surface area contributed by atoms with Crippen LogP contribution in [0.3, 0.4) is 0 Å². The second-order valence-corrected chi connectivity index (χ2v) is 5.30. The smallest absolute Gasteiger partial charge is 0.349 e. The summed E-state index contributed by atoms with van der Waals surface area (Å²) in [5.41, 5.74) is 1.12. The molecule has 4 rings (SSSR count). The van der Waals surface area contributed by atoms with Gasteiger partial charge in [0.05, 0.1) is 31.5 Å². The third-order valence-corrected chi connectivity index (χ3v) is 4.08. The zero-order valence-electron chi connectivity index (χ0n) is 10.3. The fourth-order valence-electron chi connectivity index (χ4n) is 2.93. The number of fused-ring (bicyclic) bond motifs is 3. The zero-order valence-corrected chi connectivity index (χ0v) is 11.0. The van der Waals surface area contributed by atoms with Gasteiger partial charge in [0, 0.05) is 7.05 Å². The predicted molar refractivity (Wildman–Crippen MR) is 69.0 cm³/mol. The minimum Gasteiger partial charge on any atom is -0.377 e. The van der Waals surface area contributed by atoms with E-state index in [-0.39, 0.29) is 23.1 Å². The van der Waals surface area contributed by atoms with Crippen molar-refractivity contribution in [3.63, 3.8) is 0 Å². The fraction of sp³-hybridized carbons (Fsp3) is 0.545. The lowest BCUT2D eigenvalue weighted by atomic mass is 9.94. The van der Waals surface area contributed by atoms with Gasteiger partial charge >= 0.3 is 5.69 Å². The minimum absolute atomic E-state index is 0.122. The first-order valence-electron chi connectivity index (χ1n) is 6.13. The van der Waals surface area contributed by atoms with Crippen LogP contribution in [0.1, 0.15) is 6.42 Å². The third-order valence-electron chi connectivity index (χ3n) is 3.89. The number of hydrogen-bond acceptors (Lipinski definition) is 5. The van der Waals surface area contributed by atoms with E-state index < -0.39 is 0 Å². The molecule has 0 amide bonds. The molecular weight excluding hydrogens is 270 g/mol. The van der Waals surface area contributed by atoms with Gasteiger partial charge in [-0.2, -0.15) is 9.66 Å². The van der Waals surface area contributed by atoms with Crippen molar-refractivity contribution in [2.75, 3.05) is 18.2 Å². The minimum atomic E-state index is -0.122. The number of ether oxygens (including phenoxy) is 1. The molecule has 8 heteroatoms. The normalized spacial score (nSPS) is 25.7. The maximum atomic E-state index is 12.4. The first-order valence-corrected chi connectivity index (χ1v) is 6.51. The molecule has 2 fully saturated rings. The average molecular weight is 282 g/mol. The van der Waals surface area contributed by atoms with Gasteiger partial charge in [-0.1, -0.05) is 0 Å². The molecule has 7 nitrogen and oxygen atoms in total. The Morgan fingerprint density at radius 1 is 1.42 bits per heavy atom. The van der Waals surface area contributed by atoms with Crippen LogP contribution in [-0.4, -0.2) is 44.5 Å². The van der Waals surface area contributed by atoms with Crippen molar-refractivity contribution in [3.05, 3.63) is 22.0 Å². The quantitative estimate of drug-likeness (QED) is 0.683. The number of morpholine rings is 1. The Morgan fingerprint density at radius 3 is 2.84 bits per heavy atom. The zero-order chi connectivity index (χ0) is 13.1. The number of rotatable bonds is 1. The molecule has 2 aromatic heterocycles. The standard InChI is InChI=1S/C11H12ClN5O2/c1-15-8-3-13-10(12)14-9(8)17(11(15)18)16-6-2-7(16)5-19-4-6/h3,6-7H,2,4-5H2,1H3. The summed E-state index contributed by atoms with van der Waals surface area (Å²) < 4.78 is 8.60. The van der Waals surface area contributed by atoms with Crippen LogP contribution in [0.25, 0.3) is 11.2 Å². The second-order valence-electron chi connectivity index (χ2n) is 4.96. The Morgan fingerprint density at radius 2 is 2.16 bits per heavy atom. The fourth-order valence-corrected chi connectivity index (χ4v) is 3.06. The summed E-state index contributed by atoms with van der Waals surface area (Å²) >= 11 is 5.85. The Balaban J connectivity index is 1.96. The highest BCUT2D eigenvalue weighted by molar-refractivity contribution is 6.28. The highest BCUT2D eigenvalue weighted by Gasteiger charge is 2.44. The lowest BCUT2D eigenvalue weighted by Gasteiger charge is -2.52. The van der Waals surface area contributed by atoms with E-state index in [1.807, 2.05) is 0 Å². The molecule has 2 aliphatic rings. The SMILES string of the molecule is Cn1c(=O)n(N2C3COCC2C3)c2nc(Cl)ncc21. The largest absolute Gasteiger partial charge is 0.377 e. The molecule has 0 radical (unpaired) electrons. The van der Waals surface area contributed by atoms with Gasteiger partial charge in [0.1, 0.15) is 5.52 Å². The lowest BCUT2D eigenvalue weighted by molar-refractivity contribution is -0.00960. The van der Waals surface area contributed by atoms with Crippen molar-refractivity contribution in [2.45, 2.75) is 18.5 Å². The molecular formula is C11H12ClN5O2. The van der Waals surface area contributed by atoms with E-state index in [1.165, 1.54) is 0 Å². The molecule has 2 atom stereocenters. The van der Waals surface area contributed by atoms with Crippen molar-refractivity contribution in [1.29, 1.82) is 0 Å². The van der Waals surface area contributed by atoms with Crippen molar-refractivity contribution in [2.24, 2.45) is 7.05 Å². The number of halogens is 1. The van der Waals surface area contributed by atoms with Crippen molar-refractivity contribution in [1.82, 2.24) is 19.2 Å². The molecule has 0 N–H and O–H groups in total. The summed E-state index contributed by atoms with van der Waals surface area (Å²) in [5.74, 6) is 0. The van der Waals surface area contributed by atoms with E-state index in [0.29, 0.717) is 24.4 Å². The molecule has 2 bridgehead atoms. The van der Waals surface area contributed by atoms with E-state index in [4.69, 9.17) is 16.3 Å². The Hall–Kier alpha value is -1.60. The van der Waals surface area contributed by atoms with Gasteiger partial charge in [0.15, 0.2) is 5.65 Å². The predicted octanol–water partition coefficient (Wildman–Crippen LogP) is -0.107. The van der Waals surface area contributed by atoms with E-state index in [0.717, 1.165) is 6.42 Å². The van der Waals surface area contributed by atoms with E-state index in [2.05, 4.69) is 15.0 Å². The van der Waals surface area contributed by atoms with E-state index in [9.17, 15) is 4.79 Å². The maximum absolute atomic E-state index is 12.4. The number of aromatic nitrogens is 4. The maximum Gasteiger partial charge on any atom is 0.349 e. The molecule has 0 aromatic carbocycles. The molecule has 0 aliphatic carbocycles. The third kappa shape index (κ3) is 1.39. The second kappa shape index (κ2) is 3.71. The van der Waals surface area contributed by atoms with Crippen LogP contribution < -0.4 is 10.7 Å². The van der Waals surface area contributed by atoms with Crippen LogP contribution in [-0.2, 0) is 11.8 Å². The molecule has 2 unspecified atom stereocenters. The van der Waals surface area contributed by atoms with E-state index >= 15 is 0 Å². The van der Waals surface area contributed by atoms with Gasteiger partial charge in [0.25, 0.3) is 0 Å². The van der Waals surface area contributed by atoms with Crippen LogP contribution in [0.15, 0.2) is 11.0 Å². The molecule has 0 spiro atoms. The highest BCUT2D eigenvalue weighted by Crippen LogP contribution is 2.29.